The zero-order valence-corrected chi connectivity index (χ0v) is 16.5. The molecule has 3 rings (SSSR count). The van der Waals surface area contributed by atoms with Gasteiger partial charge in [0.25, 0.3) is 0 Å². The van der Waals surface area contributed by atoms with Crippen LogP contribution in [0.2, 0.25) is 0 Å². The van der Waals surface area contributed by atoms with Crippen molar-refractivity contribution in [1.82, 2.24) is 9.80 Å². The van der Waals surface area contributed by atoms with E-state index in [0.717, 1.165) is 26.2 Å². The summed E-state index contributed by atoms with van der Waals surface area (Å²) in [6.45, 7) is 8.51. The smallest absolute Gasteiger partial charge is 0.237 e. The predicted octanol–water partition coefficient (Wildman–Crippen LogP) is 1.15. The van der Waals surface area contributed by atoms with Gasteiger partial charge in [-0.3, -0.25) is 9.69 Å². The number of para-hydroxylation sites is 1. The minimum Gasteiger partial charge on any atom is -0.369 e. The number of nitrogens with zero attached hydrogens (tertiary/aromatic N) is 3. The monoisotopic (exact) mass is 379 g/mol. The Kier molecular flexibility index (Phi) is 5.87. The first kappa shape index (κ1) is 19.2. The highest BCUT2D eigenvalue weighted by molar-refractivity contribution is 7.91. The Morgan fingerprint density at radius 1 is 1.19 bits per heavy atom. The first-order valence-corrected chi connectivity index (χ1v) is 11.2. The normalized spacial score (nSPS) is 23.2. The zero-order chi connectivity index (χ0) is 18.7. The second-order valence-electron chi connectivity index (χ2n) is 7.29. The molecule has 0 bridgehead atoms. The molecule has 2 saturated heterocycles. The van der Waals surface area contributed by atoms with Crippen molar-refractivity contribution in [2.45, 2.75) is 26.3 Å². The van der Waals surface area contributed by atoms with Crippen LogP contribution in [0.5, 0.6) is 0 Å². The van der Waals surface area contributed by atoms with Crippen molar-refractivity contribution in [2.75, 3.05) is 55.7 Å². The molecule has 0 aliphatic carbocycles. The van der Waals surface area contributed by atoms with Crippen molar-refractivity contribution >= 4 is 21.4 Å². The lowest BCUT2D eigenvalue weighted by Crippen LogP contribution is -2.52. The molecule has 26 heavy (non-hydrogen) atoms. The third-order valence-corrected chi connectivity index (χ3v) is 7.25. The standard InChI is InChI=1S/C19H29N3O3S/c1-3-22(17-8-13-26(24,25)15-17)19(23)14-20-9-11-21(12-10-20)18-7-5-4-6-16(18)2/h4-7,17H,3,8-15H2,1-2H3/t17-/m1/s1. The summed E-state index contributed by atoms with van der Waals surface area (Å²) >= 11 is 0. The third-order valence-electron chi connectivity index (χ3n) is 5.50. The minimum atomic E-state index is -2.97. The van der Waals surface area contributed by atoms with E-state index in [1.165, 1.54) is 11.3 Å². The molecule has 7 heteroatoms. The summed E-state index contributed by atoms with van der Waals surface area (Å²) in [5.74, 6) is 0.378. The SMILES string of the molecule is CCN(C(=O)CN1CCN(c2ccccc2C)CC1)[C@@H]1CCS(=O)(=O)C1. The van der Waals surface area contributed by atoms with Crippen molar-refractivity contribution in [3.8, 4) is 0 Å². The molecule has 0 aromatic heterocycles. The topological polar surface area (TPSA) is 60.9 Å². The van der Waals surface area contributed by atoms with Crippen LogP contribution in [0.25, 0.3) is 0 Å². The zero-order valence-electron chi connectivity index (χ0n) is 15.7. The van der Waals surface area contributed by atoms with E-state index in [0.29, 0.717) is 19.5 Å². The first-order chi connectivity index (χ1) is 12.4. The van der Waals surface area contributed by atoms with Gasteiger partial charge in [-0.25, -0.2) is 8.42 Å². The van der Waals surface area contributed by atoms with E-state index in [1.54, 1.807) is 4.90 Å². The highest BCUT2D eigenvalue weighted by Crippen LogP contribution is 2.21. The van der Waals surface area contributed by atoms with Crippen LogP contribution in [0.4, 0.5) is 5.69 Å². The molecule has 2 heterocycles. The van der Waals surface area contributed by atoms with E-state index < -0.39 is 9.84 Å². The molecule has 1 amide bonds. The average Bonchev–Trinajstić information content (AvgIpc) is 2.96. The van der Waals surface area contributed by atoms with Crippen molar-refractivity contribution in [3.05, 3.63) is 29.8 Å². The van der Waals surface area contributed by atoms with Crippen LogP contribution >= 0.6 is 0 Å². The number of aryl methyl sites for hydroxylation is 1. The number of piperazine rings is 1. The van der Waals surface area contributed by atoms with E-state index in [1.807, 2.05) is 6.92 Å². The fourth-order valence-electron chi connectivity index (χ4n) is 4.01. The van der Waals surface area contributed by atoms with Gasteiger partial charge < -0.3 is 9.80 Å². The molecule has 1 aromatic rings. The molecular weight excluding hydrogens is 350 g/mol. The molecular formula is C19H29N3O3S. The van der Waals surface area contributed by atoms with Gasteiger partial charge in [-0.1, -0.05) is 18.2 Å². The third kappa shape index (κ3) is 4.38. The van der Waals surface area contributed by atoms with Crippen LogP contribution in [0, 0.1) is 6.92 Å². The van der Waals surface area contributed by atoms with Gasteiger partial charge in [0.15, 0.2) is 9.84 Å². The van der Waals surface area contributed by atoms with Gasteiger partial charge in [0.1, 0.15) is 0 Å². The number of carbonyl (C=O) groups excluding carboxylic acids is 1. The summed E-state index contributed by atoms with van der Waals surface area (Å²) in [5, 5.41) is 0. The van der Waals surface area contributed by atoms with E-state index >= 15 is 0 Å². The van der Waals surface area contributed by atoms with Gasteiger partial charge in [-0.15, -0.1) is 0 Å². The quantitative estimate of drug-likeness (QED) is 0.768. The van der Waals surface area contributed by atoms with Crippen molar-refractivity contribution in [3.63, 3.8) is 0 Å². The number of hydrogen-bond acceptors (Lipinski definition) is 5. The summed E-state index contributed by atoms with van der Waals surface area (Å²) in [5.41, 5.74) is 2.54. The van der Waals surface area contributed by atoms with E-state index in [9.17, 15) is 13.2 Å². The number of rotatable bonds is 5. The summed E-state index contributed by atoms with van der Waals surface area (Å²) < 4.78 is 23.4. The van der Waals surface area contributed by atoms with Crippen LogP contribution in [0.1, 0.15) is 18.9 Å². The molecule has 0 unspecified atom stereocenters. The van der Waals surface area contributed by atoms with E-state index in [4.69, 9.17) is 0 Å². The lowest BCUT2D eigenvalue weighted by molar-refractivity contribution is -0.134. The summed E-state index contributed by atoms with van der Waals surface area (Å²) in [6, 6.07) is 8.24. The van der Waals surface area contributed by atoms with Crippen LogP contribution < -0.4 is 4.90 Å². The Morgan fingerprint density at radius 2 is 1.88 bits per heavy atom. The van der Waals surface area contributed by atoms with Gasteiger partial charge in [-0.2, -0.15) is 0 Å². The molecule has 6 nitrogen and oxygen atoms in total. The number of carbonyl (C=O) groups is 1. The maximum atomic E-state index is 12.7. The number of benzene rings is 1. The van der Waals surface area contributed by atoms with Gasteiger partial charge in [0, 0.05) is 44.5 Å². The highest BCUT2D eigenvalue weighted by atomic mass is 32.2. The van der Waals surface area contributed by atoms with Crippen LogP contribution in [0.3, 0.4) is 0 Å². The number of likely N-dealkylation sites (N-methyl/N-ethyl adjacent to an activating group) is 1. The molecule has 2 aliphatic rings. The van der Waals surface area contributed by atoms with Gasteiger partial charge >= 0.3 is 0 Å². The minimum absolute atomic E-state index is 0.0546. The van der Waals surface area contributed by atoms with Gasteiger partial charge in [-0.05, 0) is 31.9 Å². The molecule has 144 valence electrons. The van der Waals surface area contributed by atoms with Crippen molar-refractivity contribution in [2.24, 2.45) is 0 Å². The fraction of sp³-hybridized carbons (Fsp3) is 0.632. The summed E-state index contributed by atoms with van der Waals surface area (Å²) in [7, 11) is -2.97. The maximum Gasteiger partial charge on any atom is 0.237 e. The second-order valence-corrected chi connectivity index (χ2v) is 9.52. The summed E-state index contributed by atoms with van der Waals surface area (Å²) in [4.78, 5) is 19.0. The number of amides is 1. The molecule has 0 spiro atoms. The molecule has 1 aromatic carbocycles. The van der Waals surface area contributed by atoms with E-state index in [2.05, 4.69) is 41.0 Å². The lowest BCUT2D eigenvalue weighted by Gasteiger charge is -2.37. The first-order valence-electron chi connectivity index (χ1n) is 9.42. The van der Waals surface area contributed by atoms with Crippen molar-refractivity contribution in [1.29, 1.82) is 0 Å². The average molecular weight is 380 g/mol. The van der Waals surface area contributed by atoms with Gasteiger partial charge in [0.2, 0.25) is 5.91 Å². The Labute approximate surface area is 156 Å². The second kappa shape index (κ2) is 7.96. The van der Waals surface area contributed by atoms with Crippen molar-refractivity contribution < 1.29 is 13.2 Å². The van der Waals surface area contributed by atoms with E-state index in [-0.39, 0.29) is 23.5 Å². The van der Waals surface area contributed by atoms with Crippen LogP contribution in [0.15, 0.2) is 24.3 Å². The molecule has 2 aliphatic heterocycles. The Morgan fingerprint density at radius 3 is 2.46 bits per heavy atom. The maximum absolute atomic E-state index is 12.7. The molecule has 1 atom stereocenters. The molecule has 0 N–H and O–H groups in total. The van der Waals surface area contributed by atoms with Crippen LogP contribution in [-0.4, -0.2) is 80.9 Å². The number of anilines is 1. The fourth-order valence-corrected chi connectivity index (χ4v) is 5.74. The summed E-state index contributed by atoms with van der Waals surface area (Å²) in [6.07, 6.45) is 0.572. The van der Waals surface area contributed by atoms with Gasteiger partial charge in [0.05, 0.1) is 18.1 Å². The number of hydrogen-bond donors (Lipinski definition) is 0. The Balaban J connectivity index is 1.53. The predicted molar refractivity (Wildman–Crippen MR) is 104 cm³/mol. The Hall–Kier alpha value is -1.60. The Bertz CT molecular complexity index is 742. The highest BCUT2D eigenvalue weighted by Gasteiger charge is 2.34. The number of sulfone groups is 1. The molecule has 2 fully saturated rings. The molecule has 0 saturated carbocycles. The largest absolute Gasteiger partial charge is 0.369 e. The molecule has 0 radical (unpaired) electrons. The lowest BCUT2D eigenvalue weighted by atomic mass is 10.1. The van der Waals surface area contributed by atoms with Crippen LogP contribution in [-0.2, 0) is 14.6 Å².